The molecule has 0 saturated carbocycles. The lowest BCUT2D eigenvalue weighted by atomic mass is 10.1. The Labute approximate surface area is 97.7 Å². The van der Waals surface area contributed by atoms with Gasteiger partial charge < -0.3 is 9.80 Å². The van der Waals surface area contributed by atoms with Crippen LogP contribution >= 0.6 is 0 Å². The summed E-state index contributed by atoms with van der Waals surface area (Å²) in [6.45, 7) is 1.34. The molecule has 2 heterocycles. The topological polar surface area (TPSA) is 52.7 Å². The molecule has 0 aromatic rings. The molecule has 0 spiro atoms. The number of rotatable bonds is 2. The minimum Gasteiger partial charge on any atom is -0.342 e. The summed E-state index contributed by atoms with van der Waals surface area (Å²) in [5.74, 6) is -3.07. The highest BCUT2D eigenvalue weighted by Crippen LogP contribution is 2.26. The summed E-state index contributed by atoms with van der Waals surface area (Å²) in [6, 6.07) is -0.784. The van der Waals surface area contributed by atoms with Crippen molar-refractivity contribution in [3.05, 3.63) is 0 Å². The van der Waals surface area contributed by atoms with Crippen molar-refractivity contribution in [1.82, 2.24) is 15.1 Å². The van der Waals surface area contributed by atoms with Crippen molar-refractivity contribution >= 4 is 12.3 Å². The molecule has 2 rings (SSSR count). The molecule has 0 aromatic carbocycles. The second-order valence-corrected chi connectivity index (χ2v) is 4.46. The molecule has 1 atom stereocenters. The number of nitrogens with zero attached hydrogens (tertiary/aromatic N) is 2. The normalized spacial score (nSPS) is 28.2. The molecule has 2 fully saturated rings. The third-order valence-corrected chi connectivity index (χ3v) is 3.18. The highest BCUT2D eigenvalue weighted by atomic mass is 19.3. The molecule has 0 aromatic heterocycles. The zero-order valence-corrected chi connectivity index (χ0v) is 9.36. The highest BCUT2D eigenvalue weighted by molar-refractivity contribution is 5.82. The molecule has 17 heavy (non-hydrogen) atoms. The Balaban J connectivity index is 1.87. The fourth-order valence-electron chi connectivity index (χ4n) is 2.16. The highest BCUT2D eigenvalue weighted by Gasteiger charge is 2.43. The molecular weight excluding hydrogens is 232 g/mol. The van der Waals surface area contributed by atoms with Crippen molar-refractivity contribution in [2.45, 2.75) is 18.4 Å². The molecule has 2 aliphatic heterocycles. The predicted octanol–water partition coefficient (Wildman–Crippen LogP) is -0.716. The summed E-state index contributed by atoms with van der Waals surface area (Å²) in [5.41, 5.74) is 0. The zero-order chi connectivity index (χ0) is 12.5. The largest absolute Gasteiger partial charge is 0.342 e. The number of hydrogen-bond donors (Lipinski definition) is 1. The van der Waals surface area contributed by atoms with E-state index >= 15 is 0 Å². The van der Waals surface area contributed by atoms with Crippen LogP contribution in [0, 0.1) is 0 Å². The summed E-state index contributed by atoms with van der Waals surface area (Å²) in [4.78, 5) is 25.5. The maximum absolute atomic E-state index is 13.0. The van der Waals surface area contributed by atoms with Gasteiger partial charge in [0.25, 0.3) is 5.92 Å². The van der Waals surface area contributed by atoms with Gasteiger partial charge in [0.15, 0.2) is 0 Å². The summed E-state index contributed by atoms with van der Waals surface area (Å²) >= 11 is 0. The van der Waals surface area contributed by atoms with Crippen LogP contribution in [0.5, 0.6) is 0 Å². The van der Waals surface area contributed by atoms with E-state index in [1.54, 1.807) is 9.80 Å². The fraction of sp³-hybridized carbons (Fsp3) is 0.800. The molecule has 1 N–H and O–H groups in total. The number of carbonyl (C=O) groups excluding carboxylic acids is 2. The Morgan fingerprint density at radius 1 is 1.29 bits per heavy atom. The van der Waals surface area contributed by atoms with Crippen LogP contribution in [0.2, 0.25) is 0 Å². The van der Waals surface area contributed by atoms with E-state index < -0.39 is 24.9 Å². The third kappa shape index (κ3) is 2.71. The van der Waals surface area contributed by atoms with Gasteiger partial charge in [-0.3, -0.25) is 14.9 Å². The molecule has 2 amide bonds. The number of carbonyl (C=O) groups is 2. The molecule has 1 unspecified atom stereocenters. The minimum absolute atomic E-state index is 0.285. The van der Waals surface area contributed by atoms with Gasteiger partial charge >= 0.3 is 0 Å². The van der Waals surface area contributed by atoms with Crippen molar-refractivity contribution in [2.24, 2.45) is 0 Å². The molecular formula is C10H15F2N3O2. The van der Waals surface area contributed by atoms with Gasteiger partial charge in [-0.1, -0.05) is 0 Å². The van der Waals surface area contributed by atoms with Gasteiger partial charge in [0, 0.05) is 32.6 Å². The molecule has 2 aliphatic rings. The summed E-state index contributed by atoms with van der Waals surface area (Å²) in [5, 5.41) is 2.54. The van der Waals surface area contributed by atoms with Gasteiger partial charge in [-0.05, 0) is 0 Å². The molecule has 96 valence electrons. The van der Waals surface area contributed by atoms with Crippen LogP contribution in [0.3, 0.4) is 0 Å². The monoisotopic (exact) mass is 247 g/mol. The van der Waals surface area contributed by atoms with E-state index in [1.165, 1.54) is 0 Å². The quantitative estimate of drug-likeness (QED) is 0.655. The first-order valence-electron chi connectivity index (χ1n) is 5.61. The average Bonchev–Trinajstić information content (AvgIpc) is 2.69. The van der Waals surface area contributed by atoms with Crippen LogP contribution in [0.4, 0.5) is 8.78 Å². The van der Waals surface area contributed by atoms with E-state index in [2.05, 4.69) is 5.32 Å². The second-order valence-electron chi connectivity index (χ2n) is 4.46. The molecule has 0 aliphatic carbocycles. The second kappa shape index (κ2) is 4.56. The van der Waals surface area contributed by atoms with E-state index in [9.17, 15) is 18.4 Å². The molecule has 0 bridgehead atoms. The smallest absolute Gasteiger partial charge is 0.262 e. The first-order chi connectivity index (χ1) is 8.02. The summed E-state index contributed by atoms with van der Waals surface area (Å²) in [6.07, 6.45) is 0.309. The van der Waals surface area contributed by atoms with Crippen LogP contribution in [0.1, 0.15) is 6.42 Å². The van der Waals surface area contributed by atoms with Crippen LogP contribution < -0.4 is 5.32 Å². The standard InChI is InChI=1S/C10H15F2N3O2/c11-10(12)5-8(13-6-10)9(17)15-3-1-14(7-16)2-4-15/h7-8,13H,1-6H2. The van der Waals surface area contributed by atoms with E-state index in [4.69, 9.17) is 0 Å². The van der Waals surface area contributed by atoms with Crippen molar-refractivity contribution < 1.29 is 18.4 Å². The number of halogens is 2. The Morgan fingerprint density at radius 3 is 2.41 bits per heavy atom. The lowest BCUT2D eigenvalue weighted by molar-refractivity contribution is -0.137. The number of nitrogens with one attached hydrogen (secondary N) is 1. The van der Waals surface area contributed by atoms with E-state index in [0.29, 0.717) is 26.2 Å². The van der Waals surface area contributed by atoms with Crippen LogP contribution in [0.15, 0.2) is 0 Å². The van der Waals surface area contributed by atoms with E-state index in [0.717, 1.165) is 6.41 Å². The van der Waals surface area contributed by atoms with Gasteiger partial charge in [0.1, 0.15) is 0 Å². The van der Waals surface area contributed by atoms with Crippen molar-refractivity contribution in [2.75, 3.05) is 32.7 Å². The lowest BCUT2D eigenvalue weighted by Gasteiger charge is -2.33. The van der Waals surface area contributed by atoms with Gasteiger partial charge in [0.2, 0.25) is 12.3 Å². The molecule has 0 radical (unpaired) electrons. The maximum Gasteiger partial charge on any atom is 0.262 e. The number of hydrogen-bond acceptors (Lipinski definition) is 3. The Bertz CT molecular complexity index is 317. The van der Waals surface area contributed by atoms with E-state index in [-0.39, 0.29) is 5.91 Å². The minimum atomic E-state index is -2.79. The maximum atomic E-state index is 13.0. The predicted molar refractivity (Wildman–Crippen MR) is 55.6 cm³/mol. The fourth-order valence-corrected chi connectivity index (χ4v) is 2.16. The van der Waals surface area contributed by atoms with Gasteiger partial charge in [0.05, 0.1) is 12.6 Å². The Hall–Kier alpha value is -1.24. The molecule has 7 heteroatoms. The molecule has 5 nitrogen and oxygen atoms in total. The van der Waals surface area contributed by atoms with Crippen molar-refractivity contribution in [1.29, 1.82) is 0 Å². The van der Waals surface area contributed by atoms with Gasteiger partial charge in [-0.25, -0.2) is 8.78 Å². The van der Waals surface area contributed by atoms with Crippen LogP contribution in [-0.2, 0) is 9.59 Å². The third-order valence-electron chi connectivity index (χ3n) is 3.18. The lowest BCUT2D eigenvalue weighted by Crippen LogP contribution is -2.52. The van der Waals surface area contributed by atoms with Crippen molar-refractivity contribution in [3.8, 4) is 0 Å². The van der Waals surface area contributed by atoms with Crippen LogP contribution in [-0.4, -0.2) is 66.8 Å². The first kappa shape index (κ1) is 12.2. The van der Waals surface area contributed by atoms with E-state index in [1.807, 2.05) is 0 Å². The zero-order valence-electron chi connectivity index (χ0n) is 9.36. The van der Waals surface area contributed by atoms with Gasteiger partial charge in [-0.15, -0.1) is 0 Å². The number of piperazine rings is 1. The first-order valence-corrected chi connectivity index (χ1v) is 5.61. The SMILES string of the molecule is O=CN1CCN(C(=O)C2CC(F)(F)CN2)CC1. The summed E-state index contributed by atoms with van der Waals surface area (Å²) in [7, 11) is 0. The number of alkyl halides is 2. The Kier molecular flexibility index (Phi) is 3.28. The summed E-state index contributed by atoms with van der Waals surface area (Å²) < 4.78 is 25.9. The Morgan fingerprint density at radius 2 is 1.94 bits per heavy atom. The van der Waals surface area contributed by atoms with Gasteiger partial charge in [-0.2, -0.15) is 0 Å². The van der Waals surface area contributed by atoms with Crippen molar-refractivity contribution in [3.63, 3.8) is 0 Å². The number of amides is 2. The molecule has 2 saturated heterocycles. The van der Waals surface area contributed by atoms with Crippen LogP contribution in [0.25, 0.3) is 0 Å². The average molecular weight is 247 g/mol.